The van der Waals surface area contributed by atoms with E-state index < -0.39 is 21.5 Å². The molecule has 0 aliphatic heterocycles. The van der Waals surface area contributed by atoms with Gasteiger partial charge in [-0.2, -0.15) is 10.6 Å². The van der Waals surface area contributed by atoms with Gasteiger partial charge in [0.15, 0.2) is 0 Å². The number of rotatable bonds is 20. The topological polar surface area (TPSA) is 58.2 Å². The highest BCUT2D eigenvalue weighted by Crippen LogP contribution is 2.52. The molecule has 0 radical (unpaired) electrons. The molecule has 0 aliphatic carbocycles. The summed E-state index contributed by atoms with van der Waals surface area (Å²) in [6, 6.07) is 0. The lowest BCUT2D eigenvalue weighted by Gasteiger charge is -2.43. The van der Waals surface area contributed by atoms with Crippen LogP contribution >= 0.6 is 21.5 Å². The third-order valence-corrected chi connectivity index (χ3v) is 9.47. The van der Waals surface area contributed by atoms with Crippen LogP contribution in [-0.2, 0) is 20.9 Å². The molecule has 0 spiro atoms. The van der Waals surface area contributed by atoms with Crippen LogP contribution in [0, 0.1) is 0 Å². The van der Waals surface area contributed by atoms with Crippen LogP contribution in [0.2, 0.25) is 0 Å². The number of hydrogen-bond donors (Lipinski definition) is 1. The van der Waals surface area contributed by atoms with Gasteiger partial charge in [0.25, 0.3) is 0 Å². The summed E-state index contributed by atoms with van der Waals surface area (Å²) in [6.07, 6.45) is 3.13. The molecular formula is C19H45NO5S2. The van der Waals surface area contributed by atoms with Gasteiger partial charge < -0.3 is 5.32 Å². The van der Waals surface area contributed by atoms with Crippen LogP contribution in [0.5, 0.6) is 0 Å². The van der Waals surface area contributed by atoms with E-state index >= 15 is 0 Å². The zero-order chi connectivity index (χ0) is 20.4. The molecule has 0 aromatic rings. The first kappa shape index (κ1) is 27.5. The van der Waals surface area contributed by atoms with Crippen LogP contribution in [-0.4, -0.2) is 63.4 Å². The molecule has 0 heterocycles. The maximum atomic E-state index is 6.05. The van der Waals surface area contributed by atoms with Crippen LogP contribution in [0.15, 0.2) is 0 Å². The van der Waals surface area contributed by atoms with Crippen molar-refractivity contribution in [3.05, 3.63) is 0 Å². The lowest BCUT2D eigenvalue weighted by atomic mass is 10.4. The van der Waals surface area contributed by atoms with Crippen LogP contribution in [0.25, 0.3) is 0 Å². The van der Waals surface area contributed by atoms with Gasteiger partial charge in [0, 0.05) is 17.3 Å². The maximum Gasteiger partial charge on any atom is 0.0887 e. The van der Waals surface area contributed by atoms with E-state index in [1.807, 2.05) is 20.8 Å². The third kappa shape index (κ3) is 11.9. The highest BCUT2D eigenvalue weighted by Gasteiger charge is 2.25. The molecule has 0 fully saturated rings. The first-order valence-electron chi connectivity index (χ1n) is 10.6. The van der Waals surface area contributed by atoms with Gasteiger partial charge in [-0.25, -0.2) is 0 Å². The number of nitrogens with one attached hydrogen (secondary N) is 1. The average Bonchev–Trinajstić information content (AvgIpc) is 2.62. The van der Waals surface area contributed by atoms with Crippen molar-refractivity contribution in [2.45, 2.75) is 60.8 Å². The minimum atomic E-state index is -1.86. The van der Waals surface area contributed by atoms with Crippen molar-refractivity contribution in [2.75, 3.05) is 63.4 Å². The Bertz CT molecular complexity index is 273. The molecule has 0 saturated carbocycles. The molecule has 0 saturated heterocycles. The predicted octanol–water partition coefficient (Wildman–Crippen LogP) is 5.13. The fourth-order valence-corrected chi connectivity index (χ4v) is 7.79. The summed E-state index contributed by atoms with van der Waals surface area (Å²) < 4.78 is 29.6. The van der Waals surface area contributed by atoms with Crippen LogP contribution in [0.1, 0.15) is 60.8 Å². The highest BCUT2D eigenvalue weighted by atomic mass is 32.3. The third-order valence-electron chi connectivity index (χ3n) is 3.63. The zero-order valence-corrected chi connectivity index (χ0v) is 20.2. The molecule has 6 nitrogen and oxygen atoms in total. The van der Waals surface area contributed by atoms with Crippen molar-refractivity contribution in [1.29, 1.82) is 0 Å². The van der Waals surface area contributed by atoms with Crippen LogP contribution in [0.3, 0.4) is 0 Å². The quantitative estimate of drug-likeness (QED) is 0.270. The summed E-state index contributed by atoms with van der Waals surface area (Å²) in [4.78, 5) is 0. The van der Waals surface area contributed by atoms with Crippen molar-refractivity contribution in [3.8, 4) is 0 Å². The Hall–Kier alpha value is 0.460. The Morgan fingerprint density at radius 3 is 1.41 bits per heavy atom. The minimum absolute atomic E-state index is 0.611. The largest absolute Gasteiger partial charge is 0.317 e. The van der Waals surface area contributed by atoms with Gasteiger partial charge in [0.05, 0.1) is 43.9 Å². The molecule has 27 heavy (non-hydrogen) atoms. The van der Waals surface area contributed by atoms with Crippen molar-refractivity contribution in [3.63, 3.8) is 0 Å². The molecular weight excluding hydrogens is 386 g/mol. The Morgan fingerprint density at radius 1 is 0.556 bits per heavy atom. The summed E-state index contributed by atoms with van der Waals surface area (Å²) in [6.45, 7) is 17.4. The van der Waals surface area contributed by atoms with Crippen LogP contribution < -0.4 is 5.32 Å². The van der Waals surface area contributed by atoms with E-state index in [-0.39, 0.29) is 0 Å². The molecule has 0 aromatic heterocycles. The summed E-state index contributed by atoms with van der Waals surface area (Å²) in [7, 11) is -3.24. The molecule has 0 amide bonds. The summed E-state index contributed by atoms with van der Waals surface area (Å²) in [5.41, 5.74) is 0. The SMILES string of the molecule is CCCS(CCCNCCCS(OCC)(OCC)OCC)(OCC)OCC. The Kier molecular flexibility index (Phi) is 17.6. The second-order valence-electron chi connectivity index (χ2n) is 5.90. The van der Waals surface area contributed by atoms with Gasteiger partial charge in [-0.15, -0.1) is 0 Å². The molecule has 168 valence electrons. The van der Waals surface area contributed by atoms with Crippen LogP contribution in [0.4, 0.5) is 0 Å². The lowest BCUT2D eigenvalue weighted by molar-refractivity contribution is 0.185. The highest BCUT2D eigenvalue weighted by molar-refractivity contribution is 8.25. The van der Waals surface area contributed by atoms with Crippen molar-refractivity contribution in [2.24, 2.45) is 0 Å². The molecule has 0 aromatic carbocycles. The average molecular weight is 432 g/mol. The molecule has 8 heteroatoms. The standard InChI is InChI=1S/C19H45NO5S2/c1-7-17-26(21-8-2,22-9-3)18-13-15-20-16-14-19-27(23-10-4,24-11-5)25-12-6/h20H,7-19H2,1-6H3. The summed E-state index contributed by atoms with van der Waals surface area (Å²) >= 11 is 0. The number of hydrogen-bond acceptors (Lipinski definition) is 6. The van der Waals surface area contributed by atoms with E-state index in [4.69, 9.17) is 20.9 Å². The van der Waals surface area contributed by atoms with Gasteiger partial charge in [-0.3, -0.25) is 20.9 Å². The molecule has 0 aliphatic rings. The van der Waals surface area contributed by atoms with E-state index in [1.165, 1.54) is 0 Å². The first-order chi connectivity index (χ1) is 13.1. The second kappa shape index (κ2) is 17.3. The van der Waals surface area contributed by atoms with Gasteiger partial charge in [-0.1, -0.05) is 6.92 Å². The van der Waals surface area contributed by atoms with Gasteiger partial charge >= 0.3 is 0 Å². The Balaban J connectivity index is 4.24. The molecule has 0 atom stereocenters. The molecule has 0 bridgehead atoms. The van der Waals surface area contributed by atoms with Crippen molar-refractivity contribution in [1.82, 2.24) is 5.32 Å². The zero-order valence-electron chi connectivity index (χ0n) is 18.6. The molecule has 1 N–H and O–H groups in total. The minimum Gasteiger partial charge on any atom is -0.317 e. The first-order valence-corrected chi connectivity index (χ1v) is 14.0. The van der Waals surface area contributed by atoms with E-state index in [0.717, 1.165) is 62.8 Å². The van der Waals surface area contributed by atoms with E-state index in [2.05, 4.69) is 26.1 Å². The summed E-state index contributed by atoms with van der Waals surface area (Å²) in [5.74, 6) is 2.83. The van der Waals surface area contributed by atoms with Crippen molar-refractivity contribution < 1.29 is 20.9 Å². The summed E-state index contributed by atoms with van der Waals surface area (Å²) in [5, 5.41) is 3.53. The Morgan fingerprint density at radius 2 is 1.00 bits per heavy atom. The maximum absolute atomic E-state index is 6.05. The monoisotopic (exact) mass is 431 g/mol. The van der Waals surface area contributed by atoms with E-state index in [0.29, 0.717) is 19.8 Å². The fourth-order valence-electron chi connectivity index (χ4n) is 2.85. The smallest absolute Gasteiger partial charge is 0.0887 e. The van der Waals surface area contributed by atoms with E-state index in [9.17, 15) is 0 Å². The molecule has 0 unspecified atom stereocenters. The van der Waals surface area contributed by atoms with Crippen molar-refractivity contribution >= 4 is 21.5 Å². The fraction of sp³-hybridized carbons (Fsp3) is 1.00. The Labute approximate surface area is 172 Å². The van der Waals surface area contributed by atoms with Gasteiger partial charge in [-0.05, 0) is 67.0 Å². The normalized spacial score (nSPS) is 13.9. The van der Waals surface area contributed by atoms with Gasteiger partial charge in [0.2, 0.25) is 0 Å². The van der Waals surface area contributed by atoms with Gasteiger partial charge in [0.1, 0.15) is 0 Å². The predicted molar refractivity (Wildman–Crippen MR) is 120 cm³/mol. The second-order valence-corrected chi connectivity index (χ2v) is 10.9. The molecule has 0 rings (SSSR count). The lowest BCUT2D eigenvalue weighted by Crippen LogP contribution is -2.24. The van der Waals surface area contributed by atoms with E-state index in [1.54, 1.807) is 0 Å².